The Morgan fingerprint density at radius 1 is 1.15 bits per heavy atom. The van der Waals surface area contributed by atoms with Gasteiger partial charge in [-0.15, -0.1) is 0 Å². The highest BCUT2D eigenvalue weighted by atomic mass is 32.1. The van der Waals surface area contributed by atoms with E-state index in [-0.39, 0.29) is 24.0 Å². The summed E-state index contributed by atoms with van der Waals surface area (Å²) in [7, 11) is 0. The maximum Gasteiger partial charge on any atom is 0.326 e. The van der Waals surface area contributed by atoms with Crippen molar-refractivity contribution in [2.45, 2.75) is 63.7 Å². The summed E-state index contributed by atoms with van der Waals surface area (Å²) in [5.41, 5.74) is 7.07. The Bertz CT molecular complexity index is 835. The fourth-order valence-electron chi connectivity index (χ4n) is 3.90. The van der Waals surface area contributed by atoms with Crippen LogP contribution >= 0.6 is 12.6 Å². The normalized spacial score (nSPS) is 18.5. The topological polar surface area (TPSA) is 142 Å². The molecule has 4 atom stereocenters. The second-order valence-electron chi connectivity index (χ2n) is 8.76. The van der Waals surface area contributed by atoms with Crippen LogP contribution < -0.4 is 16.4 Å². The Balaban J connectivity index is 2.00. The molecule has 0 aliphatic carbocycles. The molecule has 0 aromatic heterocycles. The van der Waals surface area contributed by atoms with Crippen LogP contribution in [0.3, 0.4) is 0 Å². The summed E-state index contributed by atoms with van der Waals surface area (Å²) in [6.45, 7) is 4.12. The van der Waals surface area contributed by atoms with Gasteiger partial charge in [0, 0.05) is 12.3 Å². The number of thiol groups is 1. The predicted octanol–water partition coefficient (Wildman–Crippen LogP) is 0.578. The Hall–Kier alpha value is -2.59. The number of aliphatic carboxylic acids is 1. The third-order valence-electron chi connectivity index (χ3n) is 5.59. The molecule has 5 N–H and O–H groups in total. The lowest BCUT2D eigenvalue weighted by molar-refractivity contribution is -0.143. The van der Waals surface area contributed by atoms with Gasteiger partial charge < -0.3 is 26.4 Å². The number of carboxylic acids is 1. The van der Waals surface area contributed by atoms with Gasteiger partial charge in [0.15, 0.2) is 0 Å². The summed E-state index contributed by atoms with van der Waals surface area (Å²) in [4.78, 5) is 51.4. The number of nitrogens with zero attached hydrogens (tertiary/aromatic N) is 1. The average molecular weight is 479 g/mol. The van der Waals surface area contributed by atoms with Crippen molar-refractivity contribution >= 4 is 36.3 Å². The molecule has 9 nitrogen and oxygen atoms in total. The minimum Gasteiger partial charge on any atom is -0.480 e. The highest BCUT2D eigenvalue weighted by Gasteiger charge is 2.37. The standard InChI is InChI=1S/C23H34N4O5S/c1-14(2)11-17(23(31)32)25-20(28)18(13-33)26-21(29)19-9-6-10-27(19)22(30)16(24)12-15-7-4-3-5-8-15/h3-5,7-8,14,16-19,33H,6,9-13,24H2,1-2H3,(H,25,28)(H,26,29)(H,31,32). The van der Waals surface area contributed by atoms with Crippen LogP contribution in [0.5, 0.6) is 0 Å². The van der Waals surface area contributed by atoms with E-state index in [0.717, 1.165) is 5.56 Å². The van der Waals surface area contributed by atoms with Crippen molar-refractivity contribution in [2.75, 3.05) is 12.3 Å². The monoisotopic (exact) mass is 478 g/mol. The molecule has 0 saturated carbocycles. The molecule has 0 bridgehead atoms. The average Bonchev–Trinajstić information content (AvgIpc) is 3.26. The van der Waals surface area contributed by atoms with E-state index in [4.69, 9.17) is 5.73 Å². The number of nitrogens with two attached hydrogens (primary N) is 1. The molecule has 1 fully saturated rings. The summed E-state index contributed by atoms with van der Waals surface area (Å²) < 4.78 is 0. The van der Waals surface area contributed by atoms with Crippen LogP contribution in [-0.2, 0) is 25.6 Å². The van der Waals surface area contributed by atoms with Gasteiger partial charge in [-0.3, -0.25) is 14.4 Å². The van der Waals surface area contributed by atoms with E-state index in [0.29, 0.717) is 25.8 Å². The highest BCUT2D eigenvalue weighted by Crippen LogP contribution is 2.19. The van der Waals surface area contributed by atoms with E-state index in [1.807, 2.05) is 44.2 Å². The Labute approximate surface area is 199 Å². The SMILES string of the molecule is CC(C)CC(NC(=O)C(CS)NC(=O)C1CCCN1C(=O)C(N)Cc1ccccc1)C(=O)O. The van der Waals surface area contributed by atoms with Crippen LogP contribution in [0.15, 0.2) is 30.3 Å². The fraction of sp³-hybridized carbons (Fsp3) is 0.565. The zero-order chi connectivity index (χ0) is 24.5. The summed E-state index contributed by atoms with van der Waals surface area (Å²) in [6.07, 6.45) is 1.73. The number of likely N-dealkylation sites (tertiary alicyclic amines) is 1. The second-order valence-corrected chi connectivity index (χ2v) is 9.12. The van der Waals surface area contributed by atoms with E-state index in [1.165, 1.54) is 4.90 Å². The summed E-state index contributed by atoms with van der Waals surface area (Å²) in [5.74, 6) is -2.50. The summed E-state index contributed by atoms with van der Waals surface area (Å²) in [5, 5.41) is 14.5. The fourth-order valence-corrected chi connectivity index (χ4v) is 4.16. The van der Waals surface area contributed by atoms with Gasteiger partial charge in [0.05, 0.1) is 6.04 Å². The van der Waals surface area contributed by atoms with E-state index < -0.39 is 42.0 Å². The van der Waals surface area contributed by atoms with Gasteiger partial charge in [-0.1, -0.05) is 44.2 Å². The molecular formula is C23H34N4O5S. The van der Waals surface area contributed by atoms with E-state index in [9.17, 15) is 24.3 Å². The lowest BCUT2D eigenvalue weighted by atomic mass is 10.0. The number of carboxylic acid groups (broad SMARTS) is 1. The molecule has 182 valence electrons. The molecule has 0 radical (unpaired) electrons. The number of benzene rings is 1. The molecular weight excluding hydrogens is 444 g/mol. The maximum atomic E-state index is 12.9. The first-order chi connectivity index (χ1) is 15.6. The van der Waals surface area contributed by atoms with Crippen LogP contribution in [0.4, 0.5) is 0 Å². The predicted molar refractivity (Wildman–Crippen MR) is 128 cm³/mol. The van der Waals surface area contributed by atoms with E-state index in [2.05, 4.69) is 23.3 Å². The van der Waals surface area contributed by atoms with Crippen molar-refractivity contribution in [3.63, 3.8) is 0 Å². The van der Waals surface area contributed by atoms with Crippen molar-refractivity contribution in [3.05, 3.63) is 35.9 Å². The first-order valence-electron chi connectivity index (χ1n) is 11.2. The Morgan fingerprint density at radius 2 is 1.82 bits per heavy atom. The van der Waals surface area contributed by atoms with E-state index in [1.54, 1.807) is 0 Å². The summed E-state index contributed by atoms with van der Waals surface area (Å²) >= 11 is 4.14. The van der Waals surface area contributed by atoms with Crippen LogP contribution in [0.2, 0.25) is 0 Å². The molecule has 1 saturated heterocycles. The quantitative estimate of drug-likeness (QED) is 0.295. The lowest BCUT2D eigenvalue weighted by Gasteiger charge is -2.28. The second kappa shape index (κ2) is 12.6. The smallest absolute Gasteiger partial charge is 0.326 e. The maximum absolute atomic E-state index is 12.9. The van der Waals surface area contributed by atoms with Crippen molar-refractivity contribution in [3.8, 4) is 0 Å². The molecule has 3 amide bonds. The van der Waals surface area contributed by atoms with Crippen molar-refractivity contribution < 1.29 is 24.3 Å². The lowest BCUT2D eigenvalue weighted by Crippen LogP contribution is -2.57. The minimum atomic E-state index is -1.14. The number of hydrogen-bond donors (Lipinski definition) is 5. The molecule has 1 aliphatic rings. The molecule has 4 unspecified atom stereocenters. The number of carbonyl (C=O) groups is 4. The molecule has 2 rings (SSSR count). The van der Waals surface area contributed by atoms with Crippen LogP contribution in [0, 0.1) is 5.92 Å². The zero-order valence-corrected chi connectivity index (χ0v) is 20.0. The van der Waals surface area contributed by atoms with Crippen LogP contribution in [0.1, 0.15) is 38.7 Å². The number of hydrogen-bond acceptors (Lipinski definition) is 6. The molecule has 10 heteroatoms. The van der Waals surface area contributed by atoms with Crippen LogP contribution in [-0.4, -0.2) is 70.2 Å². The van der Waals surface area contributed by atoms with Crippen molar-refractivity contribution in [1.82, 2.24) is 15.5 Å². The number of rotatable bonds is 11. The Kier molecular flexibility index (Phi) is 10.2. The first-order valence-corrected chi connectivity index (χ1v) is 11.8. The van der Waals surface area contributed by atoms with Crippen LogP contribution in [0.25, 0.3) is 0 Å². The van der Waals surface area contributed by atoms with Crippen molar-refractivity contribution in [1.29, 1.82) is 0 Å². The van der Waals surface area contributed by atoms with E-state index >= 15 is 0 Å². The largest absolute Gasteiger partial charge is 0.480 e. The molecule has 0 spiro atoms. The highest BCUT2D eigenvalue weighted by molar-refractivity contribution is 7.80. The van der Waals surface area contributed by atoms with Gasteiger partial charge in [0.2, 0.25) is 17.7 Å². The number of carbonyl (C=O) groups excluding carboxylic acids is 3. The third kappa shape index (κ3) is 7.75. The van der Waals surface area contributed by atoms with Gasteiger partial charge in [-0.2, -0.15) is 12.6 Å². The Morgan fingerprint density at radius 3 is 2.39 bits per heavy atom. The molecule has 33 heavy (non-hydrogen) atoms. The zero-order valence-electron chi connectivity index (χ0n) is 19.1. The first kappa shape index (κ1) is 26.7. The number of nitrogens with one attached hydrogen (secondary N) is 2. The molecule has 1 aromatic carbocycles. The van der Waals surface area contributed by atoms with Gasteiger partial charge in [-0.25, -0.2) is 4.79 Å². The number of amides is 3. The van der Waals surface area contributed by atoms with Gasteiger partial charge in [-0.05, 0) is 37.2 Å². The van der Waals surface area contributed by atoms with Gasteiger partial charge in [0.25, 0.3) is 0 Å². The summed E-state index contributed by atoms with van der Waals surface area (Å²) in [6, 6.07) is 5.81. The van der Waals surface area contributed by atoms with Crippen molar-refractivity contribution in [2.24, 2.45) is 11.7 Å². The van der Waals surface area contributed by atoms with Gasteiger partial charge >= 0.3 is 5.97 Å². The third-order valence-corrected chi connectivity index (χ3v) is 5.96. The minimum absolute atomic E-state index is 0.0141. The van der Waals surface area contributed by atoms with Gasteiger partial charge in [0.1, 0.15) is 18.1 Å². The molecule has 1 aromatic rings. The molecule has 1 aliphatic heterocycles. The molecule has 1 heterocycles.